The Morgan fingerprint density at radius 2 is 1.84 bits per heavy atom. The van der Waals surface area contributed by atoms with Crippen LogP contribution in [0.3, 0.4) is 0 Å². The molecule has 3 aromatic rings. The molecule has 6 nitrogen and oxygen atoms in total. The number of thioether (sulfide) groups is 1. The minimum Gasteiger partial charge on any atom is -0.324 e. The van der Waals surface area contributed by atoms with Gasteiger partial charge in [-0.3, -0.25) is 14.3 Å². The van der Waals surface area contributed by atoms with Gasteiger partial charge in [0, 0.05) is 10.7 Å². The molecule has 4 rings (SSSR count). The Hall–Kier alpha value is -2.06. The summed E-state index contributed by atoms with van der Waals surface area (Å²) in [5, 5.41) is 13.0. The number of carbonyl (C=O) groups excluding carboxylic acids is 1. The lowest BCUT2D eigenvalue weighted by Crippen LogP contribution is -2.30. The van der Waals surface area contributed by atoms with E-state index >= 15 is 0 Å². The number of rotatable bonds is 7. The van der Waals surface area contributed by atoms with Gasteiger partial charge in [-0.25, -0.2) is 0 Å². The van der Waals surface area contributed by atoms with Crippen molar-refractivity contribution in [3.63, 3.8) is 0 Å². The van der Waals surface area contributed by atoms with Gasteiger partial charge in [0.15, 0.2) is 11.0 Å². The van der Waals surface area contributed by atoms with Gasteiger partial charge in [0.2, 0.25) is 5.91 Å². The zero-order valence-corrected chi connectivity index (χ0v) is 20.1. The van der Waals surface area contributed by atoms with Crippen LogP contribution in [0.15, 0.2) is 53.7 Å². The Labute approximate surface area is 202 Å². The van der Waals surface area contributed by atoms with Gasteiger partial charge in [0.1, 0.15) is 0 Å². The highest BCUT2D eigenvalue weighted by Crippen LogP contribution is 2.29. The van der Waals surface area contributed by atoms with E-state index < -0.39 is 5.25 Å². The van der Waals surface area contributed by atoms with E-state index in [1.54, 1.807) is 18.2 Å². The van der Waals surface area contributed by atoms with Gasteiger partial charge in [-0.05, 0) is 63.2 Å². The van der Waals surface area contributed by atoms with E-state index in [-0.39, 0.29) is 5.91 Å². The molecule has 0 radical (unpaired) electrons. The first-order chi connectivity index (χ1) is 15.5. The molecule has 0 spiro atoms. The number of carbonyl (C=O) groups is 1. The van der Waals surface area contributed by atoms with Gasteiger partial charge < -0.3 is 5.32 Å². The Morgan fingerprint density at radius 1 is 1.09 bits per heavy atom. The first-order valence-electron chi connectivity index (χ1n) is 10.7. The predicted molar refractivity (Wildman–Crippen MR) is 131 cm³/mol. The second-order valence-corrected chi connectivity index (χ2v) is 9.93. The smallest absolute Gasteiger partial charge is 0.237 e. The topological polar surface area (TPSA) is 63.1 Å². The third kappa shape index (κ3) is 5.64. The van der Waals surface area contributed by atoms with E-state index in [2.05, 4.69) is 25.0 Å². The molecular formula is C23H25Cl2N5OS. The van der Waals surface area contributed by atoms with E-state index in [0.717, 1.165) is 31.1 Å². The Balaban J connectivity index is 1.53. The number of nitrogens with zero attached hydrogens (tertiary/aromatic N) is 4. The SMILES string of the molecule is CC(Sc1nnc(CN2CCCCC2)n1-c1ccccc1)C(=O)Nc1ccc(Cl)cc1Cl. The van der Waals surface area contributed by atoms with Crippen LogP contribution in [0.2, 0.25) is 10.0 Å². The number of anilines is 1. The fraction of sp³-hybridized carbons (Fsp3) is 0.348. The van der Waals surface area contributed by atoms with Crippen LogP contribution in [0, 0.1) is 0 Å². The number of likely N-dealkylation sites (tertiary alicyclic amines) is 1. The standard InChI is InChI=1S/C23H25Cl2N5OS/c1-16(22(31)26-20-11-10-17(24)14-19(20)25)32-23-28-27-21(15-29-12-6-3-7-13-29)30(23)18-8-4-2-5-9-18/h2,4-5,8-11,14,16H,3,6-7,12-13,15H2,1H3,(H,26,31). The molecule has 1 amide bonds. The number of nitrogens with one attached hydrogen (secondary N) is 1. The average molecular weight is 490 g/mol. The normalized spacial score (nSPS) is 15.5. The Morgan fingerprint density at radius 3 is 2.56 bits per heavy atom. The minimum atomic E-state index is -0.406. The van der Waals surface area contributed by atoms with Crippen LogP contribution >= 0.6 is 35.0 Å². The summed E-state index contributed by atoms with van der Waals surface area (Å²) in [5.41, 5.74) is 1.52. The maximum absolute atomic E-state index is 12.8. The maximum Gasteiger partial charge on any atom is 0.237 e. The van der Waals surface area contributed by atoms with Crippen LogP contribution in [-0.2, 0) is 11.3 Å². The van der Waals surface area contributed by atoms with Crippen molar-refractivity contribution in [2.75, 3.05) is 18.4 Å². The molecule has 168 valence electrons. The van der Waals surface area contributed by atoms with E-state index in [1.807, 2.05) is 37.3 Å². The molecule has 0 bridgehead atoms. The van der Waals surface area contributed by atoms with Crippen molar-refractivity contribution in [1.82, 2.24) is 19.7 Å². The molecule has 1 saturated heterocycles. The fourth-order valence-corrected chi connectivity index (χ4v) is 5.01. The third-order valence-electron chi connectivity index (χ3n) is 5.37. The maximum atomic E-state index is 12.8. The molecule has 32 heavy (non-hydrogen) atoms. The zero-order chi connectivity index (χ0) is 22.5. The molecule has 1 aromatic heterocycles. The predicted octanol–water partition coefficient (Wildman–Crippen LogP) is 5.68. The molecule has 9 heteroatoms. The summed E-state index contributed by atoms with van der Waals surface area (Å²) in [7, 11) is 0. The highest BCUT2D eigenvalue weighted by atomic mass is 35.5. The van der Waals surface area contributed by atoms with E-state index in [4.69, 9.17) is 23.2 Å². The van der Waals surface area contributed by atoms with Crippen LogP contribution in [0.25, 0.3) is 5.69 Å². The molecule has 1 aliphatic rings. The van der Waals surface area contributed by atoms with Gasteiger partial charge in [-0.1, -0.05) is 59.6 Å². The molecule has 2 aromatic carbocycles. The molecule has 1 N–H and O–H groups in total. The van der Waals surface area contributed by atoms with E-state index in [1.165, 1.54) is 31.0 Å². The molecule has 0 saturated carbocycles. The molecule has 0 aliphatic carbocycles. The molecular weight excluding hydrogens is 465 g/mol. The van der Waals surface area contributed by atoms with Crippen molar-refractivity contribution in [3.05, 3.63) is 64.4 Å². The van der Waals surface area contributed by atoms with Crippen molar-refractivity contribution in [2.45, 2.75) is 43.1 Å². The van der Waals surface area contributed by atoms with Crippen LogP contribution in [0.1, 0.15) is 32.0 Å². The van der Waals surface area contributed by atoms with Crippen LogP contribution in [0.5, 0.6) is 0 Å². The summed E-state index contributed by atoms with van der Waals surface area (Å²) in [6.45, 7) is 4.73. The number of hydrogen-bond acceptors (Lipinski definition) is 5. The summed E-state index contributed by atoms with van der Waals surface area (Å²) < 4.78 is 2.05. The highest BCUT2D eigenvalue weighted by molar-refractivity contribution is 8.00. The van der Waals surface area contributed by atoms with Crippen molar-refractivity contribution in [2.24, 2.45) is 0 Å². The summed E-state index contributed by atoms with van der Waals surface area (Å²) in [6, 6.07) is 15.0. The summed E-state index contributed by atoms with van der Waals surface area (Å²) >= 11 is 13.5. The Kier molecular flexibility index (Phi) is 7.73. The minimum absolute atomic E-state index is 0.167. The van der Waals surface area contributed by atoms with Gasteiger partial charge in [0.05, 0.1) is 22.5 Å². The third-order valence-corrected chi connectivity index (χ3v) is 6.96. The largest absolute Gasteiger partial charge is 0.324 e. The van der Waals surface area contributed by atoms with E-state index in [0.29, 0.717) is 20.9 Å². The van der Waals surface area contributed by atoms with Crippen molar-refractivity contribution in [1.29, 1.82) is 0 Å². The highest BCUT2D eigenvalue weighted by Gasteiger charge is 2.23. The molecule has 1 atom stereocenters. The first-order valence-corrected chi connectivity index (χ1v) is 12.3. The van der Waals surface area contributed by atoms with Crippen LogP contribution in [0.4, 0.5) is 5.69 Å². The number of aromatic nitrogens is 3. The van der Waals surface area contributed by atoms with Crippen molar-refractivity contribution in [3.8, 4) is 5.69 Å². The second kappa shape index (κ2) is 10.7. The number of hydrogen-bond donors (Lipinski definition) is 1. The monoisotopic (exact) mass is 489 g/mol. The lowest BCUT2D eigenvalue weighted by atomic mass is 10.1. The van der Waals surface area contributed by atoms with Crippen LogP contribution < -0.4 is 5.32 Å². The van der Waals surface area contributed by atoms with Crippen molar-refractivity contribution >= 4 is 46.6 Å². The molecule has 1 unspecified atom stereocenters. The molecule has 1 fully saturated rings. The first kappa shape index (κ1) is 23.1. The van der Waals surface area contributed by atoms with Crippen molar-refractivity contribution < 1.29 is 4.79 Å². The number of piperidine rings is 1. The van der Waals surface area contributed by atoms with Gasteiger partial charge in [-0.15, -0.1) is 10.2 Å². The number of amides is 1. The van der Waals surface area contributed by atoms with Gasteiger partial charge >= 0.3 is 0 Å². The molecule has 2 heterocycles. The van der Waals surface area contributed by atoms with Gasteiger partial charge in [-0.2, -0.15) is 0 Å². The Bertz CT molecular complexity index is 1070. The van der Waals surface area contributed by atoms with Gasteiger partial charge in [0.25, 0.3) is 0 Å². The number of para-hydroxylation sites is 1. The summed E-state index contributed by atoms with van der Waals surface area (Å²) in [4.78, 5) is 15.3. The summed E-state index contributed by atoms with van der Waals surface area (Å²) in [6.07, 6.45) is 3.71. The zero-order valence-electron chi connectivity index (χ0n) is 17.8. The number of benzene rings is 2. The van der Waals surface area contributed by atoms with E-state index in [9.17, 15) is 4.79 Å². The second-order valence-electron chi connectivity index (χ2n) is 7.78. The lowest BCUT2D eigenvalue weighted by molar-refractivity contribution is -0.115. The summed E-state index contributed by atoms with van der Waals surface area (Å²) in [5.74, 6) is 0.716. The van der Waals surface area contributed by atoms with Crippen LogP contribution in [-0.4, -0.2) is 43.9 Å². The quantitative estimate of drug-likeness (QED) is 0.432. The molecule has 1 aliphatic heterocycles. The number of halogens is 2. The lowest BCUT2D eigenvalue weighted by Gasteiger charge is -2.26. The average Bonchev–Trinajstić information content (AvgIpc) is 3.18. The fourth-order valence-electron chi connectivity index (χ4n) is 3.67.